The van der Waals surface area contributed by atoms with Gasteiger partial charge in [-0.05, 0) is 24.6 Å². The summed E-state index contributed by atoms with van der Waals surface area (Å²) in [5.41, 5.74) is 7.74. The average molecular weight is 228 g/mol. The fraction of sp³-hybridized carbons (Fsp3) is 0.231. The topological polar surface area (TPSA) is 55.0 Å². The standard InChI is InChI=1S/C13H16N4/c1-2-17(13-9-15-6-7-16-13)10-11-4-3-5-12(14)8-11/h3-9H,2,10,14H2,1H3. The second kappa shape index (κ2) is 5.30. The van der Waals surface area contributed by atoms with E-state index in [0.717, 1.165) is 24.6 Å². The minimum absolute atomic E-state index is 0.790. The van der Waals surface area contributed by atoms with Crippen LogP contribution in [0.1, 0.15) is 12.5 Å². The smallest absolute Gasteiger partial charge is 0.147 e. The van der Waals surface area contributed by atoms with Crippen molar-refractivity contribution >= 4 is 11.5 Å². The first kappa shape index (κ1) is 11.4. The van der Waals surface area contributed by atoms with Crippen molar-refractivity contribution in [2.45, 2.75) is 13.5 Å². The van der Waals surface area contributed by atoms with Crippen LogP contribution in [0.4, 0.5) is 11.5 Å². The van der Waals surface area contributed by atoms with Crippen molar-refractivity contribution in [3.05, 3.63) is 48.4 Å². The number of hydrogen-bond donors (Lipinski definition) is 1. The Balaban J connectivity index is 2.16. The molecule has 0 saturated carbocycles. The zero-order valence-electron chi connectivity index (χ0n) is 9.87. The minimum Gasteiger partial charge on any atom is -0.399 e. The summed E-state index contributed by atoms with van der Waals surface area (Å²) < 4.78 is 0. The first-order valence-corrected chi connectivity index (χ1v) is 5.65. The summed E-state index contributed by atoms with van der Waals surface area (Å²) in [7, 11) is 0. The van der Waals surface area contributed by atoms with Crippen molar-refractivity contribution in [1.29, 1.82) is 0 Å². The van der Waals surface area contributed by atoms with Crippen LogP contribution in [-0.2, 0) is 6.54 Å². The molecule has 0 aliphatic carbocycles. The molecule has 0 aliphatic heterocycles. The molecule has 2 rings (SSSR count). The molecular weight excluding hydrogens is 212 g/mol. The normalized spacial score (nSPS) is 10.2. The summed E-state index contributed by atoms with van der Waals surface area (Å²) >= 11 is 0. The molecule has 2 aromatic rings. The fourth-order valence-corrected chi connectivity index (χ4v) is 1.72. The molecule has 0 spiro atoms. The number of nitrogens with zero attached hydrogens (tertiary/aromatic N) is 3. The van der Waals surface area contributed by atoms with Gasteiger partial charge in [-0.1, -0.05) is 12.1 Å². The molecule has 1 aromatic carbocycles. The Kier molecular flexibility index (Phi) is 3.55. The maximum Gasteiger partial charge on any atom is 0.147 e. The summed E-state index contributed by atoms with van der Waals surface area (Å²) in [6.45, 7) is 3.77. The van der Waals surface area contributed by atoms with E-state index in [1.807, 2.05) is 18.2 Å². The quantitative estimate of drug-likeness (QED) is 0.814. The molecule has 0 saturated heterocycles. The number of aromatic nitrogens is 2. The van der Waals surface area contributed by atoms with E-state index in [0.29, 0.717) is 0 Å². The van der Waals surface area contributed by atoms with Crippen molar-refractivity contribution in [1.82, 2.24) is 9.97 Å². The Bertz CT molecular complexity index is 470. The molecule has 88 valence electrons. The zero-order valence-corrected chi connectivity index (χ0v) is 9.87. The molecule has 0 unspecified atom stereocenters. The van der Waals surface area contributed by atoms with Crippen LogP contribution >= 0.6 is 0 Å². The summed E-state index contributed by atoms with van der Waals surface area (Å²) in [5.74, 6) is 0.887. The number of anilines is 2. The highest BCUT2D eigenvalue weighted by atomic mass is 15.2. The van der Waals surface area contributed by atoms with Gasteiger partial charge < -0.3 is 10.6 Å². The molecule has 2 N–H and O–H groups in total. The van der Waals surface area contributed by atoms with E-state index < -0.39 is 0 Å². The highest BCUT2D eigenvalue weighted by Crippen LogP contribution is 2.14. The predicted molar refractivity (Wildman–Crippen MR) is 69.6 cm³/mol. The van der Waals surface area contributed by atoms with E-state index in [2.05, 4.69) is 27.9 Å². The van der Waals surface area contributed by atoms with Gasteiger partial charge in [0.1, 0.15) is 5.82 Å². The molecule has 1 heterocycles. The Hall–Kier alpha value is -2.10. The van der Waals surface area contributed by atoms with Crippen LogP contribution in [-0.4, -0.2) is 16.5 Å². The number of nitrogens with two attached hydrogens (primary N) is 1. The van der Waals surface area contributed by atoms with Crippen LogP contribution in [0.15, 0.2) is 42.9 Å². The molecule has 4 heteroatoms. The van der Waals surface area contributed by atoms with Crippen molar-refractivity contribution in [3.63, 3.8) is 0 Å². The number of hydrogen-bond acceptors (Lipinski definition) is 4. The number of benzene rings is 1. The summed E-state index contributed by atoms with van der Waals surface area (Å²) in [4.78, 5) is 10.5. The highest BCUT2D eigenvalue weighted by Gasteiger charge is 2.06. The molecule has 4 nitrogen and oxygen atoms in total. The van der Waals surface area contributed by atoms with Gasteiger partial charge in [0, 0.05) is 31.2 Å². The van der Waals surface area contributed by atoms with Crippen LogP contribution < -0.4 is 10.6 Å². The summed E-state index contributed by atoms with van der Waals surface area (Å²) in [6, 6.07) is 7.91. The zero-order chi connectivity index (χ0) is 12.1. The van der Waals surface area contributed by atoms with Gasteiger partial charge in [0.25, 0.3) is 0 Å². The van der Waals surface area contributed by atoms with Crippen molar-refractivity contribution < 1.29 is 0 Å². The van der Waals surface area contributed by atoms with Crippen molar-refractivity contribution in [2.75, 3.05) is 17.2 Å². The molecule has 0 fully saturated rings. The third kappa shape index (κ3) is 2.93. The maximum absolute atomic E-state index is 5.77. The lowest BCUT2D eigenvalue weighted by Gasteiger charge is -2.21. The largest absolute Gasteiger partial charge is 0.399 e. The van der Waals surface area contributed by atoms with Gasteiger partial charge in [0.05, 0.1) is 6.20 Å². The molecule has 0 bridgehead atoms. The average Bonchev–Trinajstić information content (AvgIpc) is 2.37. The van der Waals surface area contributed by atoms with E-state index in [9.17, 15) is 0 Å². The predicted octanol–water partition coefficient (Wildman–Crippen LogP) is 2.09. The third-order valence-electron chi connectivity index (χ3n) is 2.58. The van der Waals surface area contributed by atoms with Gasteiger partial charge >= 0.3 is 0 Å². The first-order valence-electron chi connectivity index (χ1n) is 5.65. The Morgan fingerprint density at radius 3 is 2.82 bits per heavy atom. The SMILES string of the molecule is CCN(Cc1cccc(N)c1)c1cnccn1. The second-order valence-corrected chi connectivity index (χ2v) is 3.82. The maximum atomic E-state index is 5.77. The lowest BCUT2D eigenvalue weighted by atomic mass is 10.2. The molecular formula is C13H16N4. The Morgan fingerprint density at radius 1 is 1.29 bits per heavy atom. The molecule has 0 atom stereocenters. The van der Waals surface area contributed by atoms with Gasteiger partial charge in [-0.25, -0.2) is 4.98 Å². The van der Waals surface area contributed by atoms with Crippen molar-refractivity contribution in [3.8, 4) is 0 Å². The van der Waals surface area contributed by atoms with Gasteiger partial charge in [0.15, 0.2) is 0 Å². The van der Waals surface area contributed by atoms with E-state index in [4.69, 9.17) is 5.73 Å². The van der Waals surface area contributed by atoms with Gasteiger partial charge in [-0.15, -0.1) is 0 Å². The lowest BCUT2D eigenvalue weighted by molar-refractivity contribution is 0.809. The molecule has 17 heavy (non-hydrogen) atoms. The Labute approximate surface area is 101 Å². The van der Waals surface area contributed by atoms with Crippen LogP contribution in [0.5, 0.6) is 0 Å². The lowest BCUT2D eigenvalue weighted by Crippen LogP contribution is -2.23. The van der Waals surface area contributed by atoms with Gasteiger partial charge in [-0.2, -0.15) is 0 Å². The van der Waals surface area contributed by atoms with Crippen molar-refractivity contribution in [2.24, 2.45) is 0 Å². The Morgan fingerprint density at radius 2 is 2.18 bits per heavy atom. The monoisotopic (exact) mass is 228 g/mol. The van der Waals surface area contributed by atoms with E-state index in [-0.39, 0.29) is 0 Å². The van der Waals surface area contributed by atoms with Crippen LogP contribution in [0.2, 0.25) is 0 Å². The third-order valence-corrected chi connectivity index (χ3v) is 2.58. The molecule has 0 amide bonds. The van der Waals surface area contributed by atoms with Crippen LogP contribution in [0.25, 0.3) is 0 Å². The second-order valence-electron chi connectivity index (χ2n) is 3.82. The fourth-order valence-electron chi connectivity index (χ4n) is 1.72. The van der Waals surface area contributed by atoms with Gasteiger partial charge in [0.2, 0.25) is 0 Å². The number of rotatable bonds is 4. The molecule has 0 aliphatic rings. The summed E-state index contributed by atoms with van der Waals surface area (Å²) in [5, 5.41) is 0. The van der Waals surface area contributed by atoms with Gasteiger partial charge in [-0.3, -0.25) is 4.98 Å². The van der Waals surface area contributed by atoms with Crippen LogP contribution in [0.3, 0.4) is 0 Å². The van der Waals surface area contributed by atoms with E-state index >= 15 is 0 Å². The van der Waals surface area contributed by atoms with E-state index in [1.165, 1.54) is 5.56 Å². The van der Waals surface area contributed by atoms with E-state index in [1.54, 1.807) is 18.6 Å². The minimum atomic E-state index is 0.790. The molecule has 1 aromatic heterocycles. The summed E-state index contributed by atoms with van der Waals surface area (Å²) in [6.07, 6.45) is 5.16. The molecule has 0 radical (unpaired) electrons. The number of nitrogen functional groups attached to an aromatic ring is 1. The highest BCUT2D eigenvalue weighted by molar-refractivity contribution is 5.43. The first-order chi connectivity index (χ1) is 8.29. The van der Waals surface area contributed by atoms with Crippen LogP contribution in [0, 0.1) is 0 Å².